The first-order valence-corrected chi connectivity index (χ1v) is 9.54. The van der Waals surface area contributed by atoms with E-state index >= 15 is 0 Å². The van der Waals surface area contributed by atoms with Crippen LogP contribution in [-0.4, -0.2) is 18.5 Å². The average molecular weight is 368 g/mol. The molecule has 1 atom stereocenters. The van der Waals surface area contributed by atoms with Gasteiger partial charge in [-0.3, -0.25) is 0 Å². The van der Waals surface area contributed by atoms with E-state index in [2.05, 4.69) is 13.8 Å². The van der Waals surface area contributed by atoms with Gasteiger partial charge in [0.05, 0.1) is 17.7 Å². The summed E-state index contributed by atoms with van der Waals surface area (Å²) in [4.78, 5) is 24.7. The Labute approximate surface area is 161 Å². The summed E-state index contributed by atoms with van der Waals surface area (Å²) in [6.07, 6.45) is 2.20. The zero-order valence-electron chi connectivity index (χ0n) is 16.3. The minimum Gasteiger partial charge on any atom is -0.462 e. The quantitative estimate of drug-likeness (QED) is 0.428. The molecule has 0 saturated carbocycles. The van der Waals surface area contributed by atoms with Crippen molar-refractivity contribution in [2.24, 2.45) is 5.92 Å². The molecule has 4 heteroatoms. The molecule has 0 N–H and O–H groups in total. The Morgan fingerprint density at radius 2 is 1.59 bits per heavy atom. The Kier molecular flexibility index (Phi) is 8.05. The van der Waals surface area contributed by atoms with Crippen molar-refractivity contribution in [2.75, 3.05) is 6.61 Å². The Hall–Kier alpha value is -2.62. The van der Waals surface area contributed by atoms with Crippen molar-refractivity contribution >= 4 is 11.9 Å². The predicted molar refractivity (Wildman–Crippen MR) is 106 cm³/mol. The van der Waals surface area contributed by atoms with Crippen molar-refractivity contribution < 1.29 is 19.1 Å². The molecule has 2 rings (SSSR count). The normalized spacial score (nSPS) is 11.9. The second-order valence-electron chi connectivity index (χ2n) is 6.97. The van der Waals surface area contributed by atoms with Gasteiger partial charge in [-0.2, -0.15) is 0 Å². The van der Waals surface area contributed by atoms with Gasteiger partial charge >= 0.3 is 11.9 Å². The van der Waals surface area contributed by atoms with Crippen molar-refractivity contribution in [3.05, 3.63) is 71.3 Å². The van der Waals surface area contributed by atoms with Gasteiger partial charge in [0.25, 0.3) is 0 Å². The Morgan fingerprint density at radius 3 is 2.22 bits per heavy atom. The fraction of sp³-hybridized carbons (Fsp3) is 0.391. The molecule has 144 valence electrons. The van der Waals surface area contributed by atoms with Crippen LogP contribution in [-0.2, 0) is 9.47 Å². The molecule has 0 aliphatic heterocycles. The van der Waals surface area contributed by atoms with Crippen LogP contribution in [0.2, 0.25) is 0 Å². The molecule has 0 bridgehead atoms. The third-order valence-corrected chi connectivity index (χ3v) is 4.28. The minimum absolute atomic E-state index is 0.314. The molecule has 27 heavy (non-hydrogen) atoms. The van der Waals surface area contributed by atoms with E-state index < -0.39 is 11.9 Å². The number of rotatable bonds is 9. The van der Waals surface area contributed by atoms with Crippen LogP contribution in [0, 0.1) is 5.92 Å². The third-order valence-electron chi connectivity index (χ3n) is 4.28. The van der Waals surface area contributed by atoms with Gasteiger partial charge in [0.15, 0.2) is 0 Å². The van der Waals surface area contributed by atoms with E-state index in [9.17, 15) is 9.59 Å². The number of carbonyl (C=O) groups is 2. The second-order valence-corrected chi connectivity index (χ2v) is 6.97. The largest absolute Gasteiger partial charge is 0.462 e. The van der Waals surface area contributed by atoms with Crippen LogP contribution in [0.5, 0.6) is 0 Å². The number of hydrogen-bond acceptors (Lipinski definition) is 4. The maximum atomic E-state index is 12.5. The lowest BCUT2D eigenvalue weighted by Gasteiger charge is -2.16. The minimum atomic E-state index is -0.444. The van der Waals surface area contributed by atoms with Crippen LogP contribution < -0.4 is 0 Å². The number of esters is 2. The summed E-state index contributed by atoms with van der Waals surface area (Å²) in [5, 5.41) is 0. The number of benzene rings is 2. The number of hydrogen-bond donors (Lipinski definition) is 0. The smallest absolute Gasteiger partial charge is 0.338 e. The fourth-order valence-corrected chi connectivity index (χ4v) is 2.76. The molecule has 1 unspecified atom stereocenters. The molecule has 2 aromatic carbocycles. The van der Waals surface area contributed by atoms with Crippen LogP contribution in [0.15, 0.2) is 54.6 Å². The van der Waals surface area contributed by atoms with Crippen molar-refractivity contribution in [2.45, 2.75) is 46.1 Å². The molecule has 0 fully saturated rings. The maximum Gasteiger partial charge on any atom is 0.338 e. The van der Waals surface area contributed by atoms with Crippen molar-refractivity contribution in [1.82, 2.24) is 0 Å². The Morgan fingerprint density at radius 1 is 0.926 bits per heavy atom. The lowest BCUT2D eigenvalue weighted by atomic mass is 10.1. The Bertz CT molecular complexity index is 737. The van der Waals surface area contributed by atoms with Gasteiger partial charge < -0.3 is 9.47 Å². The molecule has 0 spiro atoms. The van der Waals surface area contributed by atoms with Gasteiger partial charge in [-0.1, -0.05) is 57.2 Å². The highest BCUT2D eigenvalue weighted by atomic mass is 16.5. The zero-order valence-corrected chi connectivity index (χ0v) is 16.3. The molecule has 4 nitrogen and oxygen atoms in total. The summed E-state index contributed by atoms with van der Waals surface area (Å²) in [6, 6.07) is 16.1. The number of ether oxygens (including phenoxy) is 2. The van der Waals surface area contributed by atoms with E-state index in [1.54, 1.807) is 18.2 Å². The monoisotopic (exact) mass is 368 g/mol. The number of carbonyl (C=O) groups excluding carboxylic acids is 2. The van der Waals surface area contributed by atoms with Gasteiger partial charge in [-0.15, -0.1) is 0 Å². The summed E-state index contributed by atoms with van der Waals surface area (Å²) < 4.78 is 10.9. The molecule has 0 saturated heterocycles. The molecule has 0 aliphatic carbocycles. The highest BCUT2D eigenvalue weighted by molar-refractivity contribution is 5.95. The van der Waals surface area contributed by atoms with Gasteiger partial charge in [0.1, 0.15) is 6.10 Å². The highest BCUT2D eigenvalue weighted by Crippen LogP contribution is 2.22. The van der Waals surface area contributed by atoms with E-state index in [1.165, 1.54) is 6.07 Å². The predicted octanol–water partition coefficient (Wildman–Crippen LogP) is 5.59. The molecular formula is C23H28O4. The molecule has 0 heterocycles. The lowest BCUT2D eigenvalue weighted by molar-refractivity contribution is 0.0288. The molecule has 0 radical (unpaired) electrons. The van der Waals surface area contributed by atoms with Crippen LogP contribution in [0.3, 0.4) is 0 Å². The van der Waals surface area contributed by atoms with Crippen molar-refractivity contribution in [3.63, 3.8) is 0 Å². The van der Waals surface area contributed by atoms with Crippen LogP contribution in [0.25, 0.3) is 0 Å². The SMILES string of the molecule is CCC(OC(=O)c1cccc(C(=O)OCCCC(C)C)c1)c1ccccc1. The molecule has 0 aromatic heterocycles. The summed E-state index contributed by atoms with van der Waals surface area (Å²) in [5.74, 6) is -0.276. The third kappa shape index (κ3) is 6.55. The van der Waals surface area contributed by atoms with Crippen LogP contribution in [0.4, 0.5) is 0 Å². The molecule has 0 aliphatic rings. The van der Waals surface area contributed by atoms with Gasteiger partial charge in [-0.05, 0) is 48.9 Å². The second kappa shape index (κ2) is 10.5. The zero-order chi connectivity index (χ0) is 19.6. The van der Waals surface area contributed by atoms with Crippen LogP contribution in [0.1, 0.15) is 72.4 Å². The summed E-state index contributed by atoms with van der Waals surface area (Å²) in [5.41, 5.74) is 1.66. The topological polar surface area (TPSA) is 52.6 Å². The maximum absolute atomic E-state index is 12.5. The fourth-order valence-electron chi connectivity index (χ4n) is 2.76. The van der Waals surface area contributed by atoms with E-state index in [1.807, 2.05) is 37.3 Å². The van der Waals surface area contributed by atoms with Crippen LogP contribution >= 0.6 is 0 Å². The first kappa shape index (κ1) is 20.7. The Balaban J connectivity index is 1.99. The molecular weight excluding hydrogens is 340 g/mol. The summed E-state index contributed by atoms with van der Waals surface area (Å²) in [6.45, 7) is 6.62. The van der Waals surface area contributed by atoms with Crippen molar-refractivity contribution in [3.8, 4) is 0 Å². The van der Waals surface area contributed by atoms with Gasteiger partial charge in [0.2, 0.25) is 0 Å². The first-order valence-electron chi connectivity index (χ1n) is 9.54. The highest BCUT2D eigenvalue weighted by Gasteiger charge is 2.18. The van der Waals surface area contributed by atoms with E-state index in [0.717, 1.165) is 18.4 Å². The average Bonchev–Trinajstić information content (AvgIpc) is 2.69. The van der Waals surface area contributed by atoms with Gasteiger partial charge in [-0.25, -0.2) is 9.59 Å². The lowest BCUT2D eigenvalue weighted by Crippen LogP contribution is -2.13. The van der Waals surface area contributed by atoms with E-state index in [0.29, 0.717) is 30.1 Å². The van der Waals surface area contributed by atoms with E-state index in [-0.39, 0.29) is 6.10 Å². The first-order chi connectivity index (χ1) is 13.0. The standard InChI is InChI=1S/C23H28O4/c1-4-21(18-11-6-5-7-12-18)27-23(25)20-14-8-13-19(16-20)22(24)26-15-9-10-17(2)3/h5-8,11-14,16-17,21H,4,9-10,15H2,1-3H3. The molecule has 2 aromatic rings. The van der Waals surface area contributed by atoms with Crippen molar-refractivity contribution in [1.29, 1.82) is 0 Å². The van der Waals surface area contributed by atoms with E-state index in [4.69, 9.17) is 9.47 Å². The summed E-state index contributed by atoms with van der Waals surface area (Å²) in [7, 11) is 0. The summed E-state index contributed by atoms with van der Waals surface area (Å²) >= 11 is 0. The molecule has 0 amide bonds. The van der Waals surface area contributed by atoms with Gasteiger partial charge in [0, 0.05) is 0 Å².